The molecule has 1 aromatic rings. The third-order valence-corrected chi connectivity index (χ3v) is 3.16. The lowest BCUT2D eigenvalue weighted by molar-refractivity contribution is -0.143. The highest BCUT2D eigenvalue weighted by molar-refractivity contribution is 5.69. The van der Waals surface area contributed by atoms with E-state index in [1.54, 1.807) is 0 Å². The Morgan fingerprint density at radius 1 is 1.19 bits per heavy atom. The van der Waals surface area contributed by atoms with Gasteiger partial charge in [0, 0.05) is 6.42 Å². The lowest BCUT2D eigenvalue weighted by Gasteiger charge is -2.01. The highest BCUT2D eigenvalue weighted by Gasteiger charge is 2.00. The predicted molar refractivity (Wildman–Crippen MR) is 84.5 cm³/mol. The molecule has 0 N–H and O–H groups in total. The van der Waals surface area contributed by atoms with E-state index in [1.807, 2.05) is 31.2 Å². The molecule has 112 valence electrons. The maximum Gasteiger partial charge on any atom is 0.305 e. The molecule has 0 aliphatic carbocycles. The molecular formula is C18H23NO2. The van der Waals surface area contributed by atoms with Gasteiger partial charge < -0.3 is 4.74 Å². The van der Waals surface area contributed by atoms with E-state index in [0.717, 1.165) is 37.7 Å². The molecule has 0 unspecified atom stereocenters. The maximum absolute atomic E-state index is 11.1. The predicted octanol–water partition coefficient (Wildman–Crippen LogP) is 4.48. The van der Waals surface area contributed by atoms with Crippen molar-refractivity contribution in [3.05, 3.63) is 41.5 Å². The molecular weight excluding hydrogens is 262 g/mol. The maximum atomic E-state index is 11.1. The summed E-state index contributed by atoms with van der Waals surface area (Å²) in [5, 5.41) is 8.71. The van der Waals surface area contributed by atoms with Crippen molar-refractivity contribution < 1.29 is 9.53 Å². The monoisotopic (exact) mass is 285 g/mol. The minimum atomic E-state index is -0.0850. The van der Waals surface area contributed by atoms with Crippen LogP contribution in [-0.4, -0.2) is 12.6 Å². The summed E-state index contributed by atoms with van der Waals surface area (Å²) in [5.74, 6) is -0.0850. The van der Waals surface area contributed by atoms with E-state index in [0.29, 0.717) is 18.6 Å². The van der Waals surface area contributed by atoms with Crippen LogP contribution in [0.3, 0.4) is 0 Å². The summed E-state index contributed by atoms with van der Waals surface area (Å²) >= 11 is 0. The van der Waals surface area contributed by atoms with E-state index in [2.05, 4.69) is 18.2 Å². The van der Waals surface area contributed by atoms with Crippen LogP contribution in [0.1, 0.15) is 56.6 Å². The van der Waals surface area contributed by atoms with E-state index >= 15 is 0 Å². The van der Waals surface area contributed by atoms with Crippen molar-refractivity contribution in [1.29, 1.82) is 5.26 Å². The molecule has 0 saturated heterocycles. The minimum Gasteiger partial charge on any atom is -0.466 e. The van der Waals surface area contributed by atoms with Crippen molar-refractivity contribution in [2.75, 3.05) is 6.61 Å². The summed E-state index contributed by atoms with van der Waals surface area (Å²) in [6.07, 6.45) is 10.1. The summed E-state index contributed by atoms with van der Waals surface area (Å²) in [6, 6.07) is 9.67. The van der Waals surface area contributed by atoms with Crippen molar-refractivity contribution in [1.82, 2.24) is 0 Å². The van der Waals surface area contributed by atoms with Crippen LogP contribution in [0.25, 0.3) is 6.08 Å². The highest BCUT2D eigenvalue weighted by Crippen LogP contribution is 2.09. The molecule has 0 aromatic heterocycles. The molecule has 21 heavy (non-hydrogen) atoms. The number of carbonyl (C=O) groups is 1. The van der Waals surface area contributed by atoms with Crippen LogP contribution in [0.5, 0.6) is 0 Å². The van der Waals surface area contributed by atoms with E-state index in [-0.39, 0.29) is 5.97 Å². The van der Waals surface area contributed by atoms with Crippen LogP contribution in [-0.2, 0) is 9.53 Å². The smallest absolute Gasteiger partial charge is 0.305 e. The van der Waals surface area contributed by atoms with Gasteiger partial charge in [-0.15, -0.1) is 0 Å². The number of hydrogen-bond acceptors (Lipinski definition) is 3. The molecule has 3 nitrogen and oxygen atoms in total. The molecule has 0 saturated carbocycles. The average molecular weight is 285 g/mol. The van der Waals surface area contributed by atoms with Gasteiger partial charge in [-0.1, -0.05) is 37.1 Å². The molecule has 0 heterocycles. The van der Waals surface area contributed by atoms with Crippen LogP contribution >= 0.6 is 0 Å². The van der Waals surface area contributed by atoms with Crippen LogP contribution in [0.15, 0.2) is 30.3 Å². The molecule has 3 heteroatoms. The van der Waals surface area contributed by atoms with E-state index in [9.17, 15) is 4.79 Å². The van der Waals surface area contributed by atoms with Gasteiger partial charge in [-0.05, 0) is 43.9 Å². The number of benzene rings is 1. The first-order chi connectivity index (χ1) is 10.3. The molecule has 1 aromatic carbocycles. The fourth-order valence-electron chi connectivity index (χ4n) is 2.01. The summed E-state index contributed by atoms with van der Waals surface area (Å²) in [7, 11) is 0. The van der Waals surface area contributed by atoms with Crippen LogP contribution in [0, 0.1) is 11.3 Å². The summed E-state index contributed by atoms with van der Waals surface area (Å²) < 4.78 is 4.88. The summed E-state index contributed by atoms with van der Waals surface area (Å²) in [6.45, 7) is 2.30. The lowest BCUT2D eigenvalue weighted by Crippen LogP contribution is -2.02. The molecule has 1 rings (SSSR count). The quantitative estimate of drug-likeness (QED) is 0.496. The number of nitriles is 1. The van der Waals surface area contributed by atoms with Gasteiger partial charge in [0.1, 0.15) is 0 Å². The summed E-state index contributed by atoms with van der Waals surface area (Å²) in [5.41, 5.74) is 1.81. The van der Waals surface area contributed by atoms with Crippen molar-refractivity contribution >= 4 is 12.0 Å². The van der Waals surface area contributed by atoms with Gasteiger partial charge in [0.05, 0.1) is 18.2 Å². The van der Waals surface area contributed by atoms with Gasteiger partial charge in [0.2, 0.25) is 0 Å². The Balaban J connectivity index is 2.07. The summed E-state index contributed by atoms with van der Waals surface area (Å²) in [4.78, 5) is 11.1. The van der Waals surface area contributed by atoms with Gasteiger partial charge in [0.25, 0.3) is 0 Å². The van der Waals surface area contributed by atoms with E-state index in [4.69, 9.17) is 10.00 Å². The van der Waals surface area contributed by atoms with E-state index < -0.39 is 0 Å². The third kappa shape index (κ3) is 7.94. The fourth-order valence-corrected chi connectivity index (χ4v) is 2.01. The average Bonchev–Trinajstić information content (AvgIpc) is 2.51. The Hall–Kier alpha value is -2.08. The van der Waals surface area contributed by atoms with Crippen molar-refractivity contribution in [3.8, 4) is 6.07 Å². The number of esters is 1. The second-order valence-electron chi connectivity index (χ2n) is 4.89. The van der Waals surface area contributed by atoms with E-state index in [1.165, 1.54) is 0 Å². The zero-order chi connectivity index (χ0) is 15.3. The second-order valence-corrected chi connectivity index (χ2v) is 4.89. The zero-order valence-electron chi connectivity index (χ0n) is 12.7. The van der Waals surface area contributed by atoms with Crippen molar-refractivity contribution in [3.63, 3.8) is 0 Å². The lowest BCUT2D eigenvalue weighted by atomic mass is 10.1. The molecule has 0 fully saturated rings. The number of allylic oxidation sites excluding steroid dienone is 1. The molecule has 0 atom stereocenters. The Kier molecular flexibility index (Phi) is 8.63. The van der Waals surface area contributed by atoms with Gasteiger partial charge in [-0.2, -0.15) is 5.26 Å². The Morgan fingerprint density at radius 2 is 1.90 bits per heavy atom. The van der Waals surface area contributed by atoms with Crippen molar-refractivity contribution in [2.45, 2.75) is 45.4 Å². The number of rotatable bonds is 9. The second kappa shape index (κ2) is 10.7. The molecule has 0 radical (unpaired) electrons. The first kappa shape index (κ1) is 17.0. The van der Waals surface area contributed by atoms with Gasteiger partial charge in [-0.3, -0.25) is 4.79 Å². The normalized spacial score (nSPS) is 10.5. The van der Waals surface area contributed by atoms with Gasteiger partial charge >= 0.3 is 5.97 Å². The highest BCUT2D eigenvalue weighted by atomic mass is 16.5. The first-order valence-corrected chi connectivity index (χ1v) is 7.58. The molecule has 0 amide bonds. The number of unbranched alkanes of at least 4 members (excludes halogenated alkanes) is 4. The number of hydrogen-bond donors (Lipinski definition) is 0. The number of nitrogens with zero attached hydrogens (tertiary/aromatic N) is 1. The SMILES string of the molecule is CCOC(=O)CCCCCC/C=C\c1ccc(C#N)cc1. The van der Waals surface area contributed by atoms with Crippen molar-refractivity contribution in [2.24, 2.45) is 0 Å². The number of carbonyl (C=O) groups excluding carboxylic acids is 1. The largest absolute Gasteiger partial charge is 0.466 e. The van der Waals surface area contributed by atoms with Gasteiger partial charge in [-0.25, -0.2) is 0 Å². The zero-order valence-corrected chi connectivity index (χ0v) is 12.7. The molecule has 0 spiro atoms. The molecule has 0 aliphatic heterocycles. The Bertz CT molecular complexity index is 483. The van der Waals surface area contributed by atoms with Crippen LogP contribution in [0.4, 0.5) is 0 Å². The molecule has 0 aliphatic rings. The first-order valence-electron chi connectivity index (χ1n) is 7.58. The van der Waals surface area contributed by atoms with Crippen LogP contribution in [0.2, 0.25) is 0 Å². The topological polar surface area (TPSA) is 50.1 Å². The standard InChI is InChI=1S/C18H23NO2/c1-2-21-18(20)10-8-6-4-3-5-7-9-16-11-13-17(15-19)14-12-16/h7,9,11-14H,2-6,8,10H2,1H3/b9-7-. The number of ether oxygens (including phenoxy) is 1. The minimum absolute atomic E-state index is 0.0850. The fraction of sp³-hybridized carbons (Fsp3) is 0.444. The van der Waals surface area contributed by atoms with Crippen LogP contribution < -0.4 is 0 Å². The Labute approximate surface area is 127 Å². The molecule has 0 bridgehead atoms. The Morgan fingerprint density at radius 3 is 2.57 bits per heavy atom. The van der Waals surface area contributed by atoms with Gasteiger partial charge in [0.15, 0.2) is 0 Å². The third-order valence-electron chi connectivity index (χ3n) is 3.16.